The third-order valence-electron chi connectivity index (χ3n) is 2.09. The van der Waals surface area contributed by atoms with E-state index in [1.54, 1.807) is 18.2 Å². The smallest absolute Gasteiger partial charge is 0.257 e. The van der Waals surface area contributed by atoms with E-state index in [1.807, 2.05) is 12.1 Å². The highest BCUT2D eigenvalue weighted by atomic mass is 32.1. The van der Waals surface area contributed by atoms with E-state index in [1.165, 1.54) is 12.3 Å². The molecule has 0 bridgehead atoms. The summed E-state index contributed by atoms with van der Waals surface area (Å²) >= 11 is 1.10. The topological polar surface area (TPSA) is 89.6 Å². The van der Waals surface area contributed by atoms with Crippen LogP contribution in [0.25, 0.3) is 0 Å². The number of carbonyl (C=O) groups is 1. The number of anilines is 1. The van der Waals surface area contributed by atoms with Crippen molar-refractivity contribution in [3.8, 4) is 12.1 Å². The number of hydrogen-bond acceptors (Lipinski definition) is 5. The van der Waals surface area contributed by atoms with Crippen LogP contribution in [0.1, 0.15) is 20.8 Å². The van der Waals surface area contributed by atoms with Gasteiger partial charge in [-0.05, 0) is 18.2 Å². The minimum absolute atomic E-state index is 0.356. The van der Waals surface area contributed by atoms with Gasteiger partial charge in [-0.2, -0.15) is 10.5 Å². The van der Waals surface area contributed by atoms with E-state index < -0.39 is 0 Å². The molecule has 1 N–H and O–H groups in total. The Hall–Kier alpha value is -2.70. The van der Waals surface area contributed by atoms with Gasteiger partial charge >= 0.3 is 0 Å². The lowest BCUT2D eigenvalue weighted by molar-refractivity contribution is 0.102. The summed E-state index contributed by atoms with van der Waals surface area (Å²) in [5, 5.41) is 20.3. The second-order valence-electron chi connectivity index (χ2n) is 3.29. The van der Waals surface area contributed by atoms with E-state index in [9.17, 15) is 4.79 Å². The molecule has 0 fully saturated rings. The van der Waals surface area contributed by atoms with Crippen LogP contribution < -0.4 is 5.32 Å². The average Bonchev–Trinajstić information content (AvgIpc) is 2.86. The molecule has 18 heavy (non-hydrogen) atoms. The van der Waals surface area contributed by atoms with Crippen LogP contribution >= 0.6 is 11.3 Å². The van der Waals surface area contributed by atoms with Crippen molar-refractivity contribution >= 4 is 22.4 Å². The maximum Gasteiger partial charge on any atom is 0.257 e. The Morgan fingerprint density at radius 2 is 2.17 bits per heavy atom. The molecule has 1 amide bonds. The molecule has 0 atom stereocenters. The van der Waals surface area contributed by atoms with Gasteiger partial charge in [-0.3, -0.25) is 10.1 Å². The fraction of sp³-hybridized carbons (Fsp3) is 0. The molecule has 1 aromatic carbocycles. The number of amides is 1. The van der Waals surface area contributed by atoms with Gasteiger partial charge in [0.25, 0.3) is 5.91 Å². The number of hydrogen-bond donors (Lipinski definition) is 1. The van der Waals surface area contributed by atoms with Gasteiger partial charge in [0.2, 0.25) is 0 Å². The van der Waals surface area contributed by atoms with Crippen molar-refractivity contribution < 1.29 is 4.79 Å². The van der Waals surface area contributed by atoms with Crippen molar-refractivity contribution in [1.82, 2.24) is 4.98 Å². The van der Waals surface area contributed by atoms with E-state index in [0.717, 1.165) is 11.3 Å². The van der Waals surface area contributed by atoms with Crippen LogP contribution in [0.2, 0.25) is 0 Å². The van der Waals surface area contributed by atoms with Crippen LogP contribution in [0, 0.1) is 22.7 Å². The summed E-state index contributed by atoms with van der Waals surface area (Å²) in [4.78, 5) is 16.2. The third kappa shape index (κ3) is 2.51. The molecule has 0 aliphatic heterocycles. The number of carbonyl (C=O) groups excluding carboxylic acids is 1. The summed E-state index contributed by atoms with van der Waals surface area (Å²) in [7, 11) is 0. The van der Waals surface area contributed by atoms with Crippen molar-refractivity contribution in [2.45, 2.75) is 0 Å². The molecule has 1 aromatic heterocycles. The molecule has 2 aromatic rings. The van der Waals surface area contributed by atoms with E-state index in [0.29, 0.717) is 21.1 Å². The number of aromatic nitrogens is 1. The van der Waals surface area contributed by atoms with Crippen molar-refractivity contribution in [3.05, 3.63) is 46.5 Å². The molecule has 5 nitrogen and oxygen atoms in total. The predicted octanol–water partition coefficient (Wildman–Crippen LogP) is 2.14. The van der Waals surface area contributed by atoms with Crippen LogP contribution in [-0.4, -0.2) is 10.9 Å². The van der Waals surface area contributed by atoms with Gasteiger partial charge in [-0.25, -0.2) is 4.98 Å². The first-order valence-electron chi connectivity index (χ1n) is 4.90. The number of nitrogens with zero attached hydrogens (tertiary/aromatic N) is 3. The van der Waals surface area contributed by atoms with E-state index in [-0.39, 0.29) is 5.91 Å². The van der Waals surface area contributed by atoms with Gasteiger partial charge in [0.1, 0.15) is 10.9 Å². The number of nitrogens with one attached hydrogen (secondary N) is 1. The number of rotatable bonds is 2. The SMILES string of the molecule is N#Cc1cccc(C(=O)Nc2ncc(C#N)s2)c1. The minimum Gasteiger partial charge on any atom is -0.298 e. The molecule has 0 unspecified atom stereocenters. The van der Waals surface area contributed by atoms with Gasteiger partial charge in [0, 0.05) is 5.56 Å². The number of nitriles is 2. The first-order chi connectivity index (χ1) is 8.72. The fourth-order valence-electron chi connectivity index (χ4n) is 1.28. The Labute approximate surface area is 107 Å². The van der Waals surface area contributed by atoms with Crippen molar-refractivity contribution in [2.75, 3.05) is 5.32 Å². The molecule has 6 heteroatoms. The summed E-state index contributed by atoms with van der Waals surface area (Å²) in [6.07, 6.45) is 1.39. The van der Waals surface area contributed by atoms with Crippen molar-refractivity contribution in [1.29, 1.82) is 10.5 Å². The first-order valence-corrected chi connectivity index (χ1v) is 5.72. The largest absolute Gasteiger partial charge is 0.298 e. The van der Waals surface area contributed by atoms with E-state index in [2.05, 4.69) is 10.3 Å². The summed E-state index contributed by atoms with van der Waals surface area (Å²) in [6.45, 7) is 0. The van der Waals surface area contributed by atoms with E-state index >= 15 is 0 Å². The lowest BCUT2D eigenvalue weighted by Gasteiger charge is -2.01. The maximum absolute atomic E-state index is 11.8. The lowest BCUT2D eigenvalue weighted by Crippen LogP contribution is -2.11. The molecule has 1 heterocycles. The Morgan fingerprint density at radius 1 is 1.33 bits per heavy atom. The minimum atomic E-state index is -0.356. The quantitative estimate of drug-likeness (QED) is 0.888. The van der Waals surface area contributed by atoms with Crippen molar-refractivity contribution in [2.24, 2.45) is 0 Å². The zero-order valence-corrected chi connectivity index (χ0v) is 9.86. The zero-order chi connectivity index (χ0) is 13.0. The van der Waals surface area contributed by atoms with Gasteiger partial charge in [-0.1, -0.05) is 17.4 Å². The Bertz CT molecular complexity index is 678. The highest BCUT2D eigenvalue weighted by Crippen LogP contribution is 2.17. The molecule has 86 valence electrons. The normalized spacial score (nSPS) is 9.22. The lowest BCUT2D eigenvalue weighted by atomic mass is 10.1. The molecule has 2 rings (SSSR count). The summed E-state index contributed by atoms with van der Waals surface area (Å²) in [5.74, 6) is -0.356. The van der Waals surface area contributed by atoms with Crippen LogP contribution in [0.3, 0.4) is 0 Å². The van der Waals surface area contributed by atoms with Gasteiger partial charge in [-0.15, -0.1) is 0 Å². The summed E-state index contributed by atoms with van der Waals surface area (Å²) in [5.41, 5.74) is 0.794. The van der Waals surface area contributed by atoms with E-state index in [4.69, 9.17) is 10.5 Å². The van der Waals surface area contributed by atoms with Crippen molar-refractivity contribution in [3.63, 3.8) is 0 Å². The maximum atomic E-state index is 11.8. The van der Waals surface area contributed by atoms with Gasteiger partial charge in [0.15, 0.2) is 5.13 Å². The fourth-order valence-corrected chi connectivity index (χ4v) is 1.89. The van der Waals surface area contributed by atoms with Gasteiger partial charge < -0.3 is 0 Å². The molecular formula is C12H6N4OS. The highest BCUT2D eigenvalue weighted by Gasteiger charge is 2.09. The Balaban J connectivity index is 2.17. The first kappa shape index (κ1) is 11.8. The highest BCUT2D eigenvalue weighted by molar-refractivity contribution is 7.16. The number of benzene rings is 1. The van der Waals surface area contributed by atoms with Gasteiger partial charge in [0.05, 0.1) is 17.8 Å². The van der Waals surface area contributed by atoms with Crippen LogP contribution in [0.5, 0.6) is 0 Å². The molecule has 0 saturated carbocycles. The van der Waals surface area contributed by atoms with Crippen LogP contribution in [0.15, 0.2) is 30.5 Å². The second kappa shape index (κ2) is 5.09. The monoisotopic (exact) mass is 254 g/mol. The molecular weight excluding hydrogens is 248 g/mol. The van der Waals surface area contributed by atoms with Crippen LogP contribution in [0.4, 0.5) is 5.13 Å². The second-order valence-corrected chi connectivity index (χ2v) is 4.32. The predicted molar refractivity (Wildman–Crippen MR) is 65.9 cm³/mol. The molecule has 0 spiro atoms. The molecule has 0 saturated heterocycles. The summed E-state index contributed by atoms with van der Waals surface area (Å²) in [6, 6.07) is 10.3. The standard InChI is InChI=1S/C12H6N4OS/c13-5-8-2-1-3-9(4-8)11(17)16-12-15-7-10(6-14)18-12/h1-4,7H,(H,15,16,17). The average molecular weight is 254 g/mol. The zero-order valence-electron chi connectivity index (χ0n) is 9.04. The third-order valence-corrected chi connectivity index (χ3v) is 2.91. The molecule has 0 aliphatic carbocycles. The Morgan fingerprint density at radius 3 is 2.83 bits per heavy atom. The molecule has 0 aliphatic rings. The van der Waals surface area contributed by atoms with Crippen LogP contribution in [-0.2, 0) is 0 Å². The Kier molecular flexibility index (Phi) is 3.33. The molecule has 0 radical (unpaired) electrons. The number of thiazole rings is 1. The summed E-state index contributed by atoms with van der Waals surface area (Å²) < 4.78 is 0.